The van der Waals surface area contributed by atoms with Crippen LogP contribution < -0.4 is 4.74 Å². The molecule has 2 rings (SSSR count). The van der Waals surface area contributed by atoms with Crippen LogP contribution in [0.3, 0.4) is 0 Å². The number of para-hydroxylation sites is 1. The zero-order valence-corrected chi connectivity index (χ0v) is 16.2. The number of rotatable bonds is 7. The van der Waals surface area contributed by atoms with E-state index in [0.717, 1.165) is 5.56 Å². The first-order valence-corrected chi connectivity index (χ1v) is 9.61. The molecule has 0 aliphatic heterocycles. The fourth-order valence-electron chi connectivity index (χ4n) is 2.55. The van der Waals surface area contributed by atoms with E-state index in [-0.39, 0.29) is 17.0 Å². The third-order valence-electron chi connectivity index (χ3n) is 3.96. The highest BCUT2D eigenvalue weighted by molar-refractivity contribution is 7.89. The highest BCUT2D eigenvalue weighted by Gasteiger charge is 2.25. The van der Waals surface area contributed by atoms with E-state index < -0.39 is 16.0 Å². The summed E-state index contributed by atoms with van der Waals surface area (Å²) in [5.74, 6) is 0.0721. The van der Waals surface area contributed by atoms with Gasteiger partial charge in [-0.3, -0.25) is 0 Å². The maximum atomic E-state index is 13.0. The van der Waals surface area contributed by atoms with Crippen LogP contribution in [0.1, 0.15) is 28.4 Å². The fraction of sp³-hybridized carbons (Fsp3) is 0.316. The predicted molar refractivity (Wildman–Crippen MR) is 98.8 cm³/mol. The van der Waals surface area contributed by atoms with Gasteiger partial charge in [-0.25, -0.2) is 13.2 Å². The number of benzene rings is 2. The number of sulfonamides is 1. The summed E-state index contributed by atoms with van der Waals surface area (Å²) >= 11 is 0. The van der Waals surface area contributed by atoms with Crippen LogP contribution in [0, 0.1) is 6.92 Å². The van der Waals surface area contributed by atoms with Crippen LogP contribution in [0.15, 0.2) is 47.4 Å². The number of aryl methyl sites for hydroxylation is 1. The third-order valence-corrected chi connectivity index (χ3v) is 5.91. The molecule has 140 valence electrons. The minimum absolute atomic E-state index is 0.0804. The van der Waals surface area contributed by atoms with Crippen LogP contribution >= 0.6 is 0 Å². The summed E-state index contributed by atoms with van der Waals surface area (Å²) in [5, 5.41) is 0. The molecule has 0 amide bonds. The number of hydrogen-bond acceptors (Lipinski definition) is 5. The molecule has 0 saturated heterocycles. The topological polar surface area (TPSA) is 72.9 Å². The van der Waals surface area contributed by atoms with Gasteiger partial charge in [-0.2, -0.15) is 4.31 Å². The molecule has 0 aliphatic carbocycles. The Hall–Kier alpha value is -2.38. The Balaban J connectivity index is 2.37. The zero-order chi connectivity index (χ0) is 19.3. The summed E-state index contributed by atoms with van der Waals surface area (Å²) < 4.78 is 37.5. The van der Waals surface area contributed by atoms with Crippen molar-refractivity contribution in [1.29, 1.82) is 0 Å². The van der Waals surface area contributed by atoms with E-state index in [1.165, 1.54) is 24.5 Å². The molecular formula is C19H23NO5S. The number of esters is 1. The number of nitrogens with zero attached hydrogens (tertiary/aromatic N) is 1. The Morgan fingerprint density at radius 1 is 1.15 bits per heavy atom. The molecule has 2 aromatic rings. The predicted octanol–water partition coefficient (Wildman–Crippen LogP) is 3.00. The maximum absolute atomic E-state index is 13.0. The molecule has 0 unspecified atom stereocenters. The summed E-state index contributed by atoms with van der Waals surface area (Å²) in [4.78, 5) is 11.8. The molecule has 0 fully saturated rings. The smallest absolute Gasteiger partial charge is 0.337 e. The van der Waals surface area contributed by atoms with Gasteiger partial charge in [0.1, 0.15) is 5.75 Å². The van der Waals surface area contributed by atoms with E-state index in [1.54, 1.807) is 19.1 Å². The van der Waals surface area contributed by atoms with Gasteiger partial charge in [0.2, 0.25) is 10.0 Å². The molecule has 0 spiro atoms. The van der Waals surface area contributed by atoms with Gasteiger partial charge < -0.3 is 9.47 Å². The quantitative estimate of drug-likeness (QED) is 0.694. The second-order valence-electron chi connectivity index (χ2n) is 5.77. The molecule has 0 aromatic heterocycles. The number of carbonyl (C=O) groups excluding carboxylic acids is 1. The molecule has 0 saturated carbocycles. The summed E-state index contributed by atoms with van der Waals surface area (Å²) in [5.41, 5.74) is 1.52. The first kappa shape index (κ1) is 19.9. The third kappa shape index (κ3) is 4.23. The van der Waals surface area contributed by atoms with Gasteiger partial charge in [0.05, 0.1) is 24.2 Å². The normalized spacial score (nSPS) is 11.4. The number of ether oxygens (including phenoxy) is 2. The van der Waals surface area contributed by atoms with E-state index in [0.29, 0.717) is 17.9 Å². The monoisotopic (exact) mass is 377 g/mol. The minimum atomic E-state index is -3.79. The SMILES string of the molecule is CCOc1ccccc1CN(C)S(=O)(=O)c1cc(C(=O)OC)ccc1C. The summed E-state index contributed by atoms with van der Waals surface area (Å²) in [6.07, 6.45) is 0. The molecule has 0 atom stereocenters. The van der Waals surface area contributed by atoms with Crippen molar-refractivity contribution in [2.45, 2.75) is 25.3 Å². The van der Waals surface area contributed by atoms with Crippen molar-refractivity contribution in [3.05, 3.63) is 59.2 Å². The Morgan fingerprint density at radius 3 is 2.50 bits per heavy atom. The summed E-state index contributed by atoms with van der Waals surface area (Å²) in [6.45, 7) is 4.21. The van der Waals surface area contributed by atoms with Crippen LogP contribution in [0.2, 0.25) is 0 Å². The van der Waals surface area contributed by atoms with Crippen LogP contribution in [0.5, 0.6) is 5.75 Å². The molecule has 0 radical (unpaired) electrons. The molecule has 0 N–H and O–H groups in total. The van der Waals surface area contributed by atoms with Crippen molar-refractivity contribution in [1.82, 2.24) is 4.31 Å². The van der Waals surface area contributed by atoms with Gasteiger partial charge in [-0.15, -0.1) is 0 Å². The number of methoxy groups -OCH3 is 1. The lowest BCUT2D eigenvalue weighted by atomic mass is 10.1. The molecule has 0 bridgehead atoms. The van der Waals surface area contributed by atoms with E-state index in [1.807, 2.05) is 31.2 Å². The lowest BCUT2D eigenvalue weighted by Gasteiger charge is -2.20. The zero-order valence-electron chi connectivity index (χ0n) is 15.4. The highest BCUT2D eigenvalue weighted by Crippen LogP contribution is 2.25. The van der Waals surface area contributed by atoms with Gasteiger partial charge in [0.25, 0.3) is 0 Å². The van der Waals surface area contributed by atoms with Gasteiger partial charge >= 0.3 is 5.97 Å². The Kier molecular flexibility index (Phi) is 6.39. The van der Waals surface area contributed by atoms with Gasteiger partial charge in [-0.1, -0.05) is 24.3 Å². The van der Waals surface area contributed by atoms with Crippen LogP contribution in [-0.4, -0.2) is 39.5 Å². The highest BCUT2D eigenvalue weighted by atomic mass is 32.2. The second kappa shape index (κ2) is 8.33. The van der Waals surface area contributed by atoms with Crippen molar-refractivity contribution < 1.29 is 22.7 Å². The van der Waals surface area contributed by atoms with Crippen molar-refractivity contribution >= 4 is 16.0 Å². The van der Waals surface area contributed by atoms with E-state index in [2.05, 4.69) is 4.74 Å². The van der Waals surface area contributed by atoms with Crippen LogP contribution in [0.25, 0.3) is 0 Å². The van der Waals surface area contributed by atoms with E-state index in [9.17, 15) is 13.2 Å². The number of carbonyl (C=O) groups is 1. The van der Waals surface area contributed by atoms with E-state index >= 15 is 0 Å². The Morgan fingerprint density at radius 2 is 1.85 bits per heavy atom. The van der Waals surface area contributed by atoms with Crippen molar-refractivity contribution in [3.63, 3.8) is 0 Å². The molecule has 26 heavy (non-hydrogen) atoms. The average molecular weight is 377 g/mol. The van der Waals surface area contributed by atoms with Gasteiger partial charge in [-0.05, 0) is 37.6 Å². The molecule has 2 aromatic carbocycles. The minimum Gasteiger partial charge on any atom is -0.494 e. The fourth-order valence-corrected chi connectivity index (χ4v) is 3.94. The van der Waals surface area contributed by atoms with Crippen LogP contribution in [-0.2, 0) is 21.3 Å². The number of hydrogen-bond donors (Lipinski definition) is 0. The standard InChI is InChI=1S/C19H23NO5S/c1-5-25-17-9-7-6-8-16(17)13-20(3)26(22,23)18-12-15(19(21)24-4)11-10-14(18)2/h6-12H,5,13H2,1-4H3. The maximum Gasteiger partial charge on any atom is 0.337 e. The summed E-state index contributed by atoms with van der Waals surface area (Å²) in [6, 6.07) is 11.8. The molecule has 0 aliphatic rings. The first-order valence-electron chi connectivity index (χ1n) is 8.17. The van der Waals surface area contributed by atoms with Crippen LogP contribution in [0.4, 0.5) is 0 Å². The lowest BCUT2D eigenvalue weighted by Crippen LogP contribution is -2.27. The summed E-state index contributed by atoms with van der Waals surface area (Å²) in [7, 11) is -1.03. The second-order valence-corrected chi connectivity index (χ2v) is 7.79. The van der Waals surface area contributed by atoms with Crippen molar-refractivity contribution in [2.24, 2.45) is 0 Å². The lowest BCUT2D eigenvalue weighted by molar-refractivity contribution is 0.0600. The average Bonchev–Trinajstić information content (AvgIpc) is 2.63. The Bertz CT molecular complexity index is 893. The molecular weight excluding hydrogens is 354 g/mol. The van der Waals surface area contributed by atoms with Gasteiger partial charge in [0.15, 0.2) is 0 Å². The van der Waals surface area contributed by atoms with E-state index in [4.69, 9.17) is 4.74 Å². The van der Waals surface area contributed by atoms with Crippen molar-refractivity contribution in [3.8, 4) is 5.75 Å². The largest absolute Gasteiger partial charge is 0.494 e. The molecule has 6 nitrogen and oxygen atoms in total. The molecule has 0 heterocycles. The Labute approximate surface area is 154 Å². The van der Waals surface area contributed by atoms with Gasteiger partial charge in [0, 0.05) is 19.2 Å². The van der Waals surface area contributed by atoms with Crippen molar-refractivity contribution in [2.75, 3.05) is 20.8 Å². The molecule has 7 heteroatoms. The first-order chi connectivity index (χ1) is 12.3.